The van der Waals surface area contributed by atoms with Crippen LogP contribution in [0.15, 0.2) is 22.7 Å². The van der Waals surface area contributed by atoms with Crippen LogP contribution >= 0.6 is 27.7 Å². The minimum atomic E-state index is 0.375. The smallest absolute Gasteiger partial charge is 0.133 e. The van der Waals surface area contributed by atoms with Crippen molar-refractivity contribution in [1.82, 2.24) is 5.32 Å². The molecule has 2 rings (SSSR count). The molecule has 20 heavy (non-hydrogen) atoms. The molecule has 1 aromatic rings. The Morgan fingerprint density at radius 1 is 1.45 bits per heavy atom. The van der Waals surface area contributed by atoms with Crippen molar-refractivity contribution in [3.05, 3.63) is 28.2 Å². The van der Waals surface area contributed by atoms with Gasteiger partial charge >= 0.3 is 0 Å². The lowest BCUT2D eigenvalue weighted by atomic mass is 10.1. The average molecular weight is 358 g/mol. The minimum absolute atomic E-state index is 0.375. The molecule has 3 unspecified atom stereocenters. The second kappa shape index (κ2) is 7.71. The number of rotatable bonds is 6. The van der Waals surface area contributed by atoms with Gasteiger partial charge in [-0.1, -0.05) is 19.4 Å². The van der Waals surface area contributed by atoms with E-state index in [1.54, 1.807) is 7.11 Å². The lowest BCUT2D eigenvalue weighted by Gasteiger charge is -2.25. The molecule has 1 aliphatic rings. The van der Waals surface area contributed by atoms with Crippen LogP contribution in [0.3, 0.4) is 0 Å². The van der Waals surface area contributed by atoms with E-state index in [-0.39, 0.29) is 0 Å². The molecule has 112 valence electrons. The van der Waals surface area contributed by atoms with Crippen LogP contribution < -0.4 is 10.1 Å². The highest BCUT2D eigenvalue weighted by Crippen LogP contribution is 2.33. The molecule has 4 heteroatoms. The molecular weight excluding hydrogens is 334 g/mol. The maximum atomic E-state index is 5.29. The molecule has 0 heterocycles. The van der Waals surface area contributed by atoms with Crippen molar-refractivity contribution < 1.29 is 4.74 Å². The van der Waals surface area contributed by atoms with Gasteiger partial charge < -0.3 is 10.1 Å². The first-order valence-electron chi connectivity index (χ1n) is 7.36. The third kappa shape index (κ3) is 3.92. The Morgan fingerprint density at radius 3 is 2.90 bits per heavy atom. The molecule has 2 nitrogen and oxygen atoms in total. The second-order valence-electron chi connectivity index (χ2n) is 5.31. The number of benzene rings is 1. The quantitative estimate of drug-likeness (QED) is 0.791. The molecule has 1 fully saturated rings. The van der Waals surface area contributed by atoms with E-state index in [9.17, 15) is 0 Å². The normalized spacial score (nSPS) is 23.8. The Labute approximate surface area is 135 Å². The summed E-state index contributed by atoms with van der Waals surface area (Å²) in [5.41, 5.74) is 1.31. The fraction of sp³-hybridized carbons (Fsp3) is 0.625. The predicted molar refractivity (Wildman–Crippen MR) is 91.8 cm³/mol. The van der Waals surface area contributed by atoms with Crippen LogP contribution in [-0.4, -0.2) is 24.2 Å². The summed E-state index contributed by atoms with van der Waals surface area (Å²) in [5, 5.41) is 4.59. The standard InChI is InChI=1S/C16H24BrNOS/c1-4-20-16-7-5-6-14(16)18-11(2)12-8-9-15(19-3)13(17)10-12/h8-11,14,16,18H,4-7H2,1-3H3. The number of halogens is 1. The zero-order chi connectivity index (χ0) is 14.5. The Hall–Kier alpha value is -0.190. The lowest BCUT2D eigenvalue weighted by molar-refractivity contribution is 0.411. The van der Waals surface area contributed by atoms with Crippen molar-refractivity contribution in [3.63, 3.8) is 0 Å². The summed E-state index contributed by atoms with van der Waals surface area (Å²) in [6, 6.07) is 7.37. The molecule has 0 spiro atoms. The molecular formula is C16H24BrNOS. The van der Waals surface area contributed by atoms with Gasteiger partial charge in [0.2, 0.25) is 0 Å². The van der Waals surface area contributed by atoms with Crippen molar-refractivity contribution in [3.8, 4) is 5.75 Å². The van der Waals surface area contributed by atoms with E-state index >= 15 is 0 Å². The number of hydrogen-bond donors (Lipinski definition) is 1. The number of hydrogen-bond acceptors (Lipinski definition) is 3. The Balaban J connectivity index is 2.00. The maximum absolute atomic E-state index is 5.29. The van der Waals surface area contributed by atoms with Gasteiger partial charge in [0.1, 0.15) is 5.75 Å². The van der Waals surface area contributed by atoms with Crippen LogP contribution in [0.4, 0.5) is 0 Å². The largest absolute Gasteiger partial charge is 0.496 e. The van der Waals surface area contributed by atoms with Gasteiger partial charge in [0.15, 0.2) is 0 Å². The van der Waals surface area contributed by atoms with Gasteiger partial charge in [-0.2, -0.15) is 11.8 Å². The molecule has 1 aromatic carbocycles. The number of ether oxygens (including phenoxy) is 1. The minimum Gasteiger partial charge on any atom is -0.496 e. The topological polar surface area (TPSA) is 21.3 Å². The fourth-order valence-corrected chi connectivity index (χ4v) is 4.67. The van der Waals surface area contributed by atoms with E-state index in [1.807, 2.05) is 6.07 Å². The first-order valence-corrected chi connectivity index (χ1v) is 9.21. The molecule has 0 bridgehead atoms. The summed E-state index contributed by atoms with van der Waals surface area (Å²) in [6.45, 7) is 4.50. The third-order valence-electron chi connectivity index (χ3n) is 3.97. The highest BCUT2D eigenvalue weighted by Gasteiger charge is 2.28. The summed E-state index contributed by atoms with van der Waals surface area (Å²) >= 11 is 5.67. The second-order valence-corrected chi connectivity index (χ2v) is 7.68. The number of thioether (sulfide) groups is 1. The first kappa shape index (κ1) is 16.2. The molecule has 0 amide bonds. The van der Waals surface area contributed by atoms with E-state index in [2.05, 4.69) is 59.0 Å². The maximum Gasteiger partial charge on any atom is 0.133 e. The lowest BCUT2D eigenvalue weighted by Crippen LogP contribution is -2.36. The van der Waals surface area contributed by atoms with Crippen LogP contribution in [0.2, 0.25) is 0 Å². The van der Waals surface area contributed by atoms with Gasteiger partial charge in [-0.3, -0.25) is 0 Å². The van der Waals surface area contributed by atoms with Gasteiger partial charge in [0, 0.05) is 17.3 Å². The fourth-order valence-electron chi connectivity index (χ4n) is 2.90. The Kier molecular flexibility index (Phi) is 6.24. The van der Waals surface area contributed by atoms with Gasteiger partial charge in [-0.15, -0.1) is 0 Å². The van der Waals surface area contributed by atoms with E-state index in [4.69, 9.17) is 4.74 Å². The number of methoxy groups -OCH3 is 1. The summed E-state index contributed by atoms with van der Waals surface area (Å²) in [4.78, 5) is 0. The summed E-state index contributed by atoms with van der Waals surface area (Å²) < 4.78 is 6.32. The van der Waals surface area contributed by atoms with Crippen molar-refractivity contribution in [2.75, 3.05) is 12.9 Å². The van der Waals surface area contributed by atoms with Crippen LogP contribution in [0, 0.1) is 0 Å². The van der Waals surface area contributed by atoms with Crippen LogP contribution in [0.25, 0.3) is 0 Å². The van der Waals surface area contributed by atoms with E-state index in [0.717, 1.165) is 15.5 Å². The van der Waals surface area contributed by atoms with Crippen molar-refractivity contribution in [2.45, 2.75) is 50.4 Å². The zero-order valence-electron chi connectivity index (χ0n) is 12.5. The predicted octanol–water partition coefficient (Wildman–Crippen LogP) is 4.78. The highest BCUT2D eigenvalue weighted by atomic mass is 79.9. The van der Waals surface area contributed by atoms with E-state index < -0.39 is 0 Å². The SMILES string of the molecule is CCSC1CCCC1NC(C)c1ccc(OC)c(Br)c1. The van der Waals surface area contributed by atoms with Gasteiger partial charge in [0.05, 0.1) is 11.6 Å². The van der Waals surface area contributed by atoms with E-state index in [0.29, 0.717) is 12.1 Å². The van der Waals surface area contributed by atoms with Gasteiger partial charge in [-0.25, -0.2) is 0 Å². The van der Waals surface area contributed by atoms with Crippen LogP contribution in [-0.2, 0) is 0 Å². The van der Waals surface area contributed by atoms with Crippen molar-refractivity contribution in [1.29, 1.82) is 0 Å². The summed E-state index contributed by atoms with van der Waals surface area (Å²) in [7, 11) is 1.70. The molecule has 0 radical (unpaired) electrons. The van der Waals surface area contributed by atoms with Crippen LogP contribution in [0.1, 0.15) is 44.7 Å². The first-order chi connectivity index (χ1) is 9.65. The zero-order valence-corrected chi connectivity index (χ0v) is 14.9. The summed E-state index contributed by atoms with van der Waals surface area (Å²) in [5.74, 6) is 2.10. The van der Waals surface area contributed by atoms with Crippen molar-refractivity contribution >= 4 is 27.7 Å². The molecule has 0 saturated heterocycles. The van der Waals surface area contributed by atoms with Gasteiger partial charge in [0.25, 0.3) is 0 Å². The molecule has 1 saturated carbocycles. The Morgan fingerprint density at radius 2 is 2.25 bits per heavy atom. The van der Waals surface area contributed by atoms with Crippen LogP contribution in [0.5, 0.6) is 5.75 Å². The highest BCUT2D eigenvalue weighted by molar-refractivity contribution is 9.10. The van der Waals surface area contributed by atoms with Crippen molar-refractivity contribution in [2.24, 2.45) is 0 Å². The monoisotopic (exact) mass is 357 g/mol. The molecule has 1 aliphatic carbocycles. The molecule has 3 atom stereocenters. The number of nitrogens with one attached hydrogen (secondary N) is 1. The molecule has 0 aromatic heterocycles. The summed E-state index contributed by atoms with van der Waals surface area (Å²) in [6.07, 6.45) is 4.02. The average Bonchev–Trinajstić information content (AvgIpc) is 2.86. The van der Waals surface area contributed by atoms with Gasteiger partial charge in [-0.05, 0) is 59.1 Å². The van der Waals surface area contributed by atoms with E-state index in [1.165, 1.54) is 30.6 Å². The third-order valence-corrected chi connectivity index (χ3v) is 5.92. The molecule has 0 aliphatic heterocycles. The Bertz CT molecular complexity index is 440. The molecule has 1 N–H and O–H groups in total.